The van der Waals surface area contributed by atoms with Gasteiger partial charge < -0.3 is 9.73 Å². The van der Waals surface area contributed by atoms with Crippen LogP contribution in [-0.2, 0) is 9.84 Å². The monoisotopic (exact) mass is 327 g/mol. The molecule has 21 heavy (non-hydrogen) atoms. The summed E-state index contributed by atoms with van der Waals surface area (Å²) in [6.07, 6.45) is 1.52. The third-order valence-corrected chi connectivity index (χ3v) is 6.55. The minimum absolute atomic E-state index is 0.0352. The quantitative estimate of drug-likeness (QED) is 0.936. The molecule has 0 radical (unpaired) electrons. The molecule has 4 nitrogen and oxygen atoms in total. The average Bonchev–Trinajstić information content (AvgIpc) is 2.98. The van der Waals surface area contributed by atoms with Crippen LogP contribution in [0.15, 0.2) is 28.7 Å². The van der Waals surface area contributed by atoms with Gasteiger partial charge in [-0.25, -0.2) is 8.42 Å². The van der Waals surface area contributed by atoms with Gasteiger partial charge in [-0.2, -0.15) is 0 Å². The normalized spacial score (nSPS) is 22.7. The fraction of sp³-hybridized carbons (Fsp3) is 0.467. The van der Waals surface area contributed by atoms with Crippen LogP contribution in [0.25, 0.3) is 11.0 Å². The van der Waals surface area contributed by atoms with Gasteiger partial charge in [-0.15, -0.1) is 0 Å². The Labute approximate surface area is 129 Å². The van der Waals surface area contributed by atoms with Gasteiger partial charge in [-0.3, -0.25) is 0 Å². The third-order valence-electron chi connectivity index (χ3n) is 4.04. The number of benzene rings is 1. The number of sulfone groups is 1. The highest BCUT2D eigenvalue weighted by atomic mass is 35.5. The molecule has 0 spiro atoms. The van der Waals surface area contributed by atoms with Crippen molar-refractivity contribution in [3.63, 3.8) is 0 Å². The molecule has 3 rings (SSSR count). The molecule has 1 aliphatic heterocycles. The van der Waals surface area contributed by atoms with Crippen molar-refractivity contribution in [3.8, 4) is 0 Å². The summed E-state index contributed by atoms with van der Waals surface area (Å²) in [5.41, 5.74) is 0.788. The molecular formula is C15H18ClNO3S. The van der Waals surface area contributed by atoms with E-state index in [0.29, 0.717) is 17.3 Å². The summed E-state index contributed by atoms with van der Waals surface area (Å²) in [5, 5.41) is 4.63. The lowest BCUT2D eigenvalue weighted by molar-refractivity contribution is 0.447. The second-order valence-corrected chi connectivity index (χ2v) is 8.43. The lowest BCUT2D eigenvalue weighted by Crippen LogP contribution is -2.32. The molecule has 114 valence electrons. The highest BCUT2D eigenvalue weighted by molar-refractivity contribution is 7.92. The van der Waals surface area contributed by atoms with Crippen molar-refractivity contribution in [1.82, 2.24) is 5.32 Å². The zero-order valence-electron chi connectivity index (χ0n) is 11.8. The van der Waals surface area contributed by atoms with Gasteiger partial charge in [0.2, 0.25) is 0 Å². The molecule has 6 heteroatoms. The van der Waals surface area contributed by atoms with Crippen molar-refractivity contribution in [3.05, 3.63) is 35.0 Å². The molecular weight excluding hydrogens is 310 g/mol. The molecule has 1 aromatic carbocycles. The van der Waals surface area contributed by atoms with Gasteiger partial charge in [-0.1, -0.05) is 11.6 Å². The second kappa shape index (κ2) is 5.63. The van der Waals surface area contributed by atoms with Crippen LogP contribution in [-0.4, -0.2) is 26.0 Å². The average molecular weight is 328 g/mol. The molecule has 1 aliphatic rings. The molecule has 0 saturated carbocycles. The maximum absolute atomic E-state index is 11.8. The van der Waals surface area contributed by atoms with E-state index in [2.05, 4.69) is 5.32 Å². The van der Waals surface area contributed by atoms with Gasteiger partial charge in [0.1, 0.15) is 11.3 Å². The lowest BCUT2D eigenvalue weighted by atomic mass is 10.2. The minimum atomic E-state index is -2.91. The standard InChI is InChI=1S/C15H18ClNO3S/c1-10(17-9-13-3-2-6-21(13,18)19)15-8-11-7-12(16)4-5-14(11)20-15/h4-5,7-8,10,13,17H,2-3,6,9H2,1H3/t10-,13+/m0/s1. The van der Waals surface area contributed by atoms with Crippen molar-refractivity contribution in [1.29, 1.82) is 0 Å². The molecule has 0 bridgehead atoms. The Balaban J connectivity index is 1.70. The molecule has 0 aliphatic carbocycles. The summed E-state index contributed by atoms with van der Waals surface area (Å²) >= 11 is 5.96. The van der Waals surface area contributed by atoms with Crippen LogP contribution in [0.5, 0.6) is 0 Å². The van der Waals surface area contributed by atoms with Gasteiger partial charge >= 0.3 is 0 Å². The van der Waals surface area contributed by atoms with Gasteiger partial charge in [0.25, 0.3) is 0 Å². The fourth-order valence-electron chi connectivity index (χ4n) is 2.74. The topological polar surface area (TPSA) is 59.3 Å². The Morgan fingerprint density at radius 3 is 2.95 bits per heavy atom. The van der Waals surface area contributed by atoms with E-state index in [1.54, 1.807) is 6.07 Å². The van der Waals surface area contributed by atoms with Crippen molar-refractivity contribution in [2.75, 3.05) is 12.3 Å². The summed E-state index contributed by atoms with van der Waals surface area (Å²) in [5.74, 6) is 1.11. The SMILES string of the molecule is C[C@H](NC[C@H]1CCCS1(=O)=O)c1cc2cc(Cl)ccc2o1. The van der Waals surface area contributed by atoms with Crippen LogP contribution in [0.2, 0.25) is 5.02 Å². The number of halogens is 1. The molecule has 1 N–H and O–H groups in total. The van der Waals surface area contributed by atoms with E-state index >= 15 is 0 Å². The number of rotatable bonds is 4. The molecule has 2 aromatic rings. The van der Waals surface area contributed by atoms with Crippen LogP contribution in [0, 0.1) is 0 Å². The molecule has 0 unspecified atom stereocenters. The first-order valence-corrected chi connectivity index (χ1v) is 9.19. The Morgan fingerprint density at radius 2 is 2.24 bits per heavy atom. The first-order valence-electron chi connectivity index (χ1n) is 7.10. The Hall–Kier alpha value is -1.04. The first kappa shape index (κ1) is 14.9. The van der Waals surface area contributed by atoms with E-state index in [4.69, 9.17) is 16.0 Å². The Morgan fingerprint density at radius 1 is 1.43 bits per heavy atom. The summed E-state index contributed by atoms with van der Waals surface area (Å²) in [7, 11) is -2.91. The highest BCUT2D eigenvalue weighted by Gasteiger charge is 2.31. The zero-order chi connectivity index (χ0) is 15.0. The van der Waals surface area contributed by atoms with E-state index in [9.17, 15) is 8.42 Å². The molecule has 0 amide bonds. The fourth-order valence-corrected chi connectivity index (χ4v) is 4.70. The van der Waals surface area contributed by atoms with Gasteiger partial charge in [-0.05, 0) is 44.0 Å². The van der Waals surface area contributed by atoms with Crippen LogP contribution in [0.1, 0.15) is 31.6 Å². The van der Waals surface area contributed by atoms with Crippen LogP contribution in [0.3, 0.4) is 0 Å². The number of nitrogens with one attached hydrogen (secondary N) is 1. The summed E-state index contributed by atoms with van der Waals surface area (Å²) in [6, 6.07) is 7.41. The Kier molecular flexibility index (Phi) is 3.99. The van der Waals surface area contributed by atoms with Crippen molar-refractivity contribution >= 4 is 32.4 Å². The van der Waals surface area contributed by atoms with E-state index in [-0.39, 0.29) is 11.3 Å². The van der Waals surface area contributed by atoms with Crippen molar-refractivity contribution < 1.29 is 12.8 Å². The van der Waals surface area contributed by atoms with E-state index in [0.717, 1.165) is 29.6 Å². The number of fused-ring (bicyclic) bond motifs is 1. The molecule has 1 saturated heterocycles. The third kappa shape index (κ3) is 3.10. The van der Waals surface area contributed by atoms with Crippen LogP contribution < -0.4 is 5.32 Å². The zero-order valence-corrected chi connectivity index (χ0v) is 13.4. The van der Waals surface area contributed by atoms with E-state index in [1.807, 2.05) is 25.1 Å². The molecule has 1 aromatic heterocycles. The molecule has 1 fully saturated rings. The van der Waals surface area contributed by atoms with Gasteiger partial charge in [0, 0.05) is 17.0 Å². The first-order chi connectivity index (χ1) is 9.95. The largest absolute Gasteiger partial charge is 0.459 e. The summed E-state index contributed by atoms with van der Waals surface area (Å²) in [6.45, 7) is 2.45. The van der Waals surface area contributed by atoms with Crippen molar-refractivity contribution in [2.24, 2.45) is 0 Å². The van der Waals surface area contributed by atoms with E-state index < -0.39 is 9.84 Å². The lowest BCUT2D eigenvalue weighted by Gasteiger charge is -2.15. The number of furan rings is 1. The maximum atomic E-state index is 11.8. The maximum Gasteiger partial charge on any atom is 0.154 e. The number of hydrogen-bond acceptors (Lipinski definition) is 4. The van der Waals surface area contributed by atoms with Crippen molar-refractivity contribution in [2.45, 2.75) is 31.1 Å². The van der Waals surface area contributed by atoms with E-state index in [1.165, 1.54) is 0 Å². The summed E-state index contributed by atoms with van der Waals surface area (Å²) < 4.78 is 29.4. The van der Waals surface area contributed by atoms with Gasteiger partial charge in [0.15, 0.2) is 9.84 Å². The number of hydrogen-bond donors (Lipinski definition) is 1. The summed E-state index contributed by atoms with van der Waals surface area (Å²) in [4.78, 5) is 0. The second-order valence-electron chi connectivity index (χ2n) is 5.59. The predicted molar refractivity (Wildman–Crippen MR) is 84.5 cm³/mol. The van der Waals surface area contributed by atoms with Crippen LogP contribution in [0.4, 0.5) is 0 Å². The molecule has 2 heterocycles. The molecule has 2 atom stereocenters. The van der Waals surface area contributed by atoms with Gasteiger partial charge in [0.05, 0.1) is 17.0 Å². The Bertz CT molecular complexity index is 753. The van der Waals surface area contributed by atoms with Crippen LogP contribution >= 0.6 is 11.6 Å². The highest BCUT2D eigenvalue weighted by Crippen LogP contribution is 2.27. The smallest absolute Gasteiger partial charge is 0.154 e. The minimum Gasteiger partial charge on any atom is -0.459 e. The predicted octanol–water partition coefficient (Wildman–Crippen LogP) is 3.31.